The van der Waals surface area contributed by atoms with Crippen molar-refractivity contribution in [2.24, 2.45) is 0 Å². The Hall–Kier alpha value is -3.90. The van der Waals surface area contributed by atoms with Crippen LogP contribution in [0.5, 0.6) is 0 Å². The van der Waals surface area contributed by atoms with Crippen LogP contribution in [0.4, 0.5) is 0 Å². The minimum Gasteiger partial charge on any atom is -0.0619 e. The highest BCUT2D eigenvalue weighted by atomic mass is 14.5. The summed E-state index contributed by atoms with van der Waals surface area (Å²) in [5.41, 5.74) is 13.8. The van der Waals surface area contributed by atoms with Crippen molar-refractivity contribution >= 4 is 0 Å². The highest BCUT2D eigenvalue weighted by molar-refractivity contribution is 5.85. The van der Waals surface area contributed by atoms with E-state index in [1.54, 1.807) is 0 Å². The van der Waals surface area contributed by atoms with Crippen LogP contribution in [0.1, 0.15) is 45.2 Å². The molecule has 2 aliphatic rings. The van der Waals surface area contributed by atoms with E-state index in [9.17, 15) is 0 Å². The molecule has 0 saturated carbocycles. The van der Waals surface area contributed by atoms with Crippen LogP contribution in [-0.2, 0) is 0 Å². The van der Waals surface area contributed by atoms with E-state index in [0.717, 1.165) is 0 Å². The van der Waals surface area contributed by atoms with Crippen molar-refractivity contribution in [3.63, 3.8) is 0 Å². The average molecular weight is 434 g/mol. The third-order valence-electron chi connectivity index (χ3n) is 7.67. The van der Waals surface area contributed by atoms with Gasteiger partial charge in [-0.1, -0.05) is 127 Å². The molecular weight excluding hydrogens is 408 g/mol. The lowest BCUT2D eigenvalue weighted by molar-refractivity contribution is 0.740. The zero-order chi connectivity index (χ0) is 22.6. The summed E-state index contributed by atoms with van der Waals surface area (Å²) in [6, 6.07) is 45.1. The van der Waals surface area contributed by atoms with Gasteiger partial charge in [-0.15, -0.1) is 0 Å². The van der Waals surface area contributed by atoms with Gasteiger partial charge in [0.05, 0.1) is 0 Å². The zero-order valence-electron chi connectivity index (χ0n) is 19.2. The molecule has 2 aliphatic carbocycles. The largest absolute Gasteiger partial charge is 0.0619 e. The van der Waals surface area contributed by atoms with E-state index in [1.165, 1.54) is 61.6 Å². The first-order valence-electron chi connectivity index (χ1n) is 12.1. The van der Waals surface area contributed by atoms with E-state index < -0.39 is 0 Å². The van der Waals surface area contributed by atoms with E-state index >= 15 is 0 Å². The van der Waals surface area contributed by atoms with Crippen LogP contribution in [0.3, 0.4) is 0 Å². The van der Waals surface area contributed by atoms with Crippen LogP contribution < -0.4 is 0 Å². The smallest absolute Gasteiger partial charge is 0.0287 e. The molecule has 1 radical (unpaired) electrons. The number of benzene rings is 5. The van der Waals surface area contributed by atoms with Gasteiger partial charge in [-0.25, -0.2) is 0 Å². The molecule has 5 aromatic rings. The van der Waals surface area contributed by atoms with Crippen LogP contribution >= 0.6 is 0 Å². The lowest BCUT2D eigenvalue weighted by Gasteiger charge is -2.32. The summed E-state index contributed by atoms with van der Waals surface area (Å²) in [4.78, 5) is 0. The maximum Gasteiger partial charge on any atom is 0.0287 e. The van der Waals surface area contributed by atoms with E-state index in [-0.39, 0.29) is 11.8 Å². The first-order chi connectivity index (χ1) is 16.8. The molecular formula is C34H25. The molecule has 0 bridgehead atoms. The van der Waals surface area contributed by atoms with E-state index in [2.05, 4.69) is 128 Å². The molecule has 0 atom stereocenters. The van der Waals surface area contributed by atoms with Gasteiger partial charge in [0.15, 0.2) is 0 Å². The summed E-state index contributed by atoms with van der Waals surface area (Å²) >= 11 is 0. The second-order valence-corrected chi connectivity index (χ2v) is 9.54. The highest BCUT2D eigenvalue weighted by Gasteiger charge is 2.43. The quantitative estimate of drug-likeness (QED) is 0.267. The topological polar surface area (TPSA) is 0 Å². The monoisotopic (exact) mass is 433 g/mol. The lowest BCUT2D eigenvalue weighted by Crippen LogP contribution is -2.20. The molecule has 0 saturated heterocycles. The van der Waals surface area contributed by atoms with Crippen LogP contribution in [0.2, 0.25) is 0 Å². The van der Waals surface area contributed by atoms with Crippen LogP contribution in [0.15, 0.2) is 121 Å². The summed E-state index contributed by atoms with van der Waals surface area (Å²) < 4.78 is 0. The minimum absolute atomic E-state index is 0.222. The molecule has 0 fully saturated rings. The van der Waals surface area contributed by atoms with E-state index in [0.29, 0.717) is 0 Å². The summed E-state index contributed by atoms with van der Waals surface area (Å²) in [6.07, 6.45) is 0. The molecule has 0 aromatic heterocycles. The molecule has 0 heterocycles. The molecule has 5 aromatic carbocycles. The molecule has 0 nitrogen and oxygen atoms in total. The van der Waals surface area contributed by atoms with Crippen molar-refractivity contribution in [3.8, 4) is 22.3 Å². The zero-order valence-corrected chi connectivity index (χ0v) is 19.2. The Bertz CT molecular complexity index is 1340. The maximum absolute atomic E-state index is 2.33. The third-order valence-corrected chi connectivity index (χ3v) is 7.67. The van der Waals surface area contributed by atoms with Gasteiger partial charge in [0.2, 0.25) is 0 Å². The van der Waals surface area contributed by atoms with Gasteiger partial charge >= 0.3 is 0 Å². The predicted molar refractivity (Wildman–Crippen MR) is 141 cm³/mol. The van der Waals surface area contributed by atoms with Gasteiger partial charge in [0.25, 0.3) is 0 Å². The Balaban J connectivity index is 1.53. The summed E-state index contributed by atoms with van der Waals surface area (Å²) in [7, 11) is 0. The summed E-state index contributed by atoms with van der Waals surface area (Å²) in [5.74, 6) is 1.92. The Morgan fingerprint density at radius 2 is 0.735 bits per heavy atom. The molecule has 0 amide bonds. The molecule has 0 aliphatic heterocycles. The molecule has 0 spiro atoms. The lowest BCUT2D eigenvalue weighted by atomic mass is 9.69. The van der Waals surface area contributed by atoms with Crippen molar-refractivity contribution in [1.29, 1.82) is 0 Å². The number of hydrogen-bond acceptors (Lipinski definition) is 0. The van der Waals surface area contributed by atoms with Crippen LogP contribution in [0, 0.1) is 12.8 Å². The van der Waals surface area contributed by atoms with Crippen molar-refractivity contribution in [3.05, 3.63) is 161 Å². The van der Waals surface area contributed by atoms with Gasteiger partial charge in [0.1, 0.15) is 0 Å². The van der Waals surface area contributed by atoms with Crippen LogP contribution in [-0.4, -0.2) is 0 Å². The second kappa shape index (κ2) is 7.57. The van der Waals surface area contributed by atoms with E-state index in [1.807, 2.05) is 0 Å². The van der Waals surface area contributed by atoms with Gasteiger partial charge in [-0.05, 0) is 57.0 Å². The third kappa shape index (κ3) is 2.78. The van der Waals surface area contributed by atoms with Gasteiger partial charge < -0.3 is 0 Å². The average Bonchev–Trinajstić information content (AvgIpc) is 3.40. The highest BCUT2D eigenvalue weighted by Crippen LogP contribution is 2.59. The Labute approximate surface area is 201 Å². The minimum atomic E-state index is 0.222. The fourth-order valence-electron chi connectivity index (χ4n) is 6.23. The number of hydrogen-bond donors (Lipinski definition) is 0. The number of rotatable bonds is 3. The summed E-state index contributed by atoms with van der Waals surface area (Å²) in [5, 5.41) is 0. The Kier molecular flexibility index (Phi) is 4.35. The van der Waals surface area contributed by atoms with E-state index in [4.69, 9.17) is 0 Å². The fraction of sp³-hybridized carbons (Fsp3) is 0.0882. The Morgan fingerprint density at radius 3 is 1.09 bits per heavy atom. The van der Waals surface area contributed by atoms with Gasteiger partial charge in [-0.2, -0.15) is 0 Å². The van der Waals surface area contributed by atoms with Crippen molar-refractivity contribution < 1.29 is 0 Å². The second-order valence-electron chi connectivity index (χ2n) is 9.54. The standard InChI is InChI=1S/C34H25/c1-22-18-20-23(21-19-22)32(33-28-14-6-2-10-24(28)25-11-3-7-15-29(25)33)34-30-16-8-4-12-26(30)27-13-5-9-17-31(27)34/h2-21,33-34H,1H3. The first-order valence-corrected chi connectivity index (χ1v) is 12.1. The van der Waals surface area contributed by atoms with Gasteiger partial charge in [0, 0.05) is 17.8 Å². The fourth-order valence-corrected chi connectivity index (χ4v) is 6.23. The Morgan fingerprint density at radius 1 is 0.412 bits per heavy atom. The molecule has 161 valence electrons. The summed E-state index contributed by atoms with van der Waals surface area (Å²) in [6.45, 7) is 2.17. The molecule has 34 heavy (non-hydrogen) atoms. The number of fused-ring (bicyclic) bond motifs is 6. The molecule has 0 heteroatoms. The molecule has 0 unspecified atom stereocenters. The molecule has 0 N–H and O–H groups in total. The maximum atomic E-state index is 2.33. The van der Waals surface area contributed by atoms with Gasteiger partial charge in [-0.3, -0.25) is 0 Å². The first kappa shape index (κ1) is 19.6. The van der Waals surface area contributed by atoms with Crippen LogP contribution in [0.25, 0.3) is 22.3 Å². The SMILES string of the molecule is Cc1ccc([C](C2c3ccccc3-c3ccccc32)C2c3ccccc3-c3ccccc32)cc1. The predicted octanol–water partition coefficient (Wildman–Crippen LogP) is 8.54. The molecule has 7 rings (SSSR count). The van der Waals surface area contributed by atoms with Crippen molar-refractivity contribution in [2.75, 3.05) is 0 Å². The normalized spacial score (nSPS) is 14.1. The number of aryl methyl sites for hydroxylation is 1. The van der Waals surface area contributed by atoms with Crippen molar-refractivity contribution in [1.82, 2.24) is 0 Å². The van der Waals surface area contributed by atoms with Crippen molar-refractivity contribution in [2.45, 2.75) is 18.8 Å².